The van der Waals surface area contributed by atoms with Gasteiger partial charge in [-0.15, -0.1) is 5.10 Å². The van der Waals surface area contributed by atoms with Crippen LogP contribution in [0.4, 0.5) is 0 Å². The minimum Gasteiger partial charge on any atom is -0.507 e. The van der Waals surface area contributed by atoms with E-state index in [0.29, 0.717) is 11.3 Å². The van der Waals surface area contributed by atoms with E-state index in [1.807, 2.05) is 30.3 Å². The molecule has 3 rings (SSSR count). The predicted octanol–water partition coefficient (Wildman–Crippen LogP) is 2.34. The molecule has 0 bridgehead atoms. The Hall–Kier alpha value is -3.15. The lowest BCUT2D eigenvalue weighted by Crippen LogP contribution is -2.00. The van der Waals surface area contributed by atoms with Crippen molar-refractivity contribution >= 4 is 5.97 Å². The molecule has 6 nitrogen and oxygen atoms in total. The first-order chi connectivity index (χ1) is 10.2. The summed E-state index contributed by atoms with van der Waals surface area (Å²) < 4.78 is 1.58. The van der Waals surface area contributed by atoms with Crippen LogP contribution in [0.25, 0.3) is 16.9 Å². The Morgan fingerprint density at radius 3 is 2.52 bits per heavy atom. The van der Waals surface area contributed by atoms with Gasteiger partial charge in [-0.3, -0.25) is 0 Å². The molecule has 2 aromatic carbocycles. The van der Waals surface area contributed by atoms with Gasteiger partial charge in [0.15, 0.2) is 0 Å². The lowest BCUT2D eigenvalue weighted by Gasteiger charge is -2.08. The van der Waals surface area contributed by atoms with Crippen molar-refractivity contribution in [2.24, 2.45) is 0 Å². The zero-order chi connectivity index (χ0) is 14.8. The van der Waals surface area contributed by atoms with Crippen LogP contribution < -0.4 is 0 Å². The number of rotatable bonds is 3. The summed E-state index contributed by atoms with van der Waals surface area (Å²) in [6.07, 6.45) is 1.52. The molecule has 0 unspecified atom stereocenters. The highest BCUT2D eigenvalue weighted by molar-refractivity contribution is 5.89. The van der Waals surface area contributed by atoms with Gasteiger partial charge in [-0.05, 0) is 30.3 Å². The number of para-hydroxylation sites is 1. The first-order valence-electron chi connectivity index (χ1n) is 6.19. The Morgan fingerprint density at radius 1 is 1.10 bits per heavy atom. The van der Waals surface area contributed by atoms with Crippen molar-refractivity contribution in [1.82, 2.24) is 15.0 Å². The van der Waals surface area contributed by atoms with E-state index in [1.54, 1.807) is 4.68 Å². The maximum absolute atomic E-state index is 10.9. The van der Waals surface area contributed by atoms with Crippen LogP contribution in [0.2, 0.25) is 0 Å². The summed E-state index contributed by atoms with van der Waals surface area (Å²) in [7, 11) is 0. The summed E-state index contributed by atoms with van der Waals surface area (Å²) in [5.74, 6) is -1.22. The average molecular weight is 281 g/mol. The van der Waals surface area contributed by atoms with Crippen LogP contribution in [0.5, 0.6) is 5.75 Å². The number of aromatic carboxylic acids is 1. The topological polar surface area (TPSA) is 88.2 Å². The molecule has 0 spiro atoms. The van der Waals surface area contributed by atoms with E-state index in [9.17, 15) is 9.90 Å². The summed E-state index contributed by atoms with van der Waals surface area (Å²) in [5, 5.41) is 26.8. The minimum absolute atomic E-state index is 0.0231. The summed E-state index contributed by atoms with van der Waals surface area (Å²) in [6.45, 7) is 0. The third kappa shape index (κ3) is 2.34. The van der Waals surface area contributed by atoms with Crippen LogP contribution in [0, 0.1) is 0 Å². The number of carboxylic acids is 1. The van der Waals surface area contributed by atoms with Crippen LogP contribution in [0.1, 0.15) is 10.4 Å². The molecule has 3 aromatic rings. The fraction of sp³-hybridized carbons (Fsp3) is 0. The summed E-state index contributed by atoms with van der Waals surface area (Å²) in [5.41, 5.74) is 1.87. The molecule has 0 radical (unpaired) electrons. The maximum Gasteiger partial charge on any atom is 0.335 e. The highest BCUT2D eigenvalue weighted by atomic mass is 16.4. The summed E-state index contributed by atoms with van der Waals surface area (Å²) in [6, 6.07) is 13.5. The van der Waals surface area contributed by atoms with Gasteiger partial charge in [0.2, 0.25) is 0 Å². The highest BCUT2D eigenvalue weighted by Crippen LogP contribution is 2.30. The Kier molecular flexibility index (Phi) is 3.12. The molecule has 0 aliphatic rings. The van der Waals surface area contributed by atoms with Crippen molar-refractivity contribution in [3.63, 3.8) is 0 Å². The molecule has 0 amide bonds. The zero-order valence-corrected chi connectivity index (χ0v) is 10.8. The van der Waals surface area contributed by atoms with E-state index in [2.05, 4.69) is 10.3 Å². The van der Waals surface area contributed by atoms with Crippen molar-refractivity contribution in [2.45, 2.75) is 0 Å². The molecule has 1 heterocycles. The van der Waals surface area contributed by atoms with Gasteiger partial charge in [0, 0.05) is 5.56 Å². The first-order valence-corrected chi connectivity index (χ1v) is 6.19. The van der Waals surface area contributed by atoms with Crippen LogP contribution in [0.3, 0.4) is 0 Å². The third-order valence-corrected chi connectivity index (χ3v) is 3.07. The van der Waals surface area contributed by atoms with Gasteiger partial charge in [-0.25, -0.2) is 9.48 Å². The van der Waals surface area contributed by atoms with Gasteiger partial charge < -0.3 is 10.2 Å². The average Bonchev–Trinajstić information content (AvgIpc) is 2.97. The van der Waals surface area contributed by atoms with E-state index in [-0.39, 0.29) is 11.3 Å². The van der Waals surface area contributed by atoms with E-state index in [0.717, 1.165) is 5.69 Å². The van der Waals surface area contributed by atoms with Gasteiger partial charge in [-0.1, -0.05) is 23.4 Å². The molecule has 104 valence electrons. The second kappa shape index (κ2) is 5.09. The fourth-order valence-corrected chi connectivity index (χ4v) is 2.06. The van der Waals surface area contributed by atoms with E-state index < -0.39 is 5.97 Å². The molecule has 0 atom stereocenters. The van der Waals surface area contributed by atoms with E-state index in [4.69, 9.17) is 5.11 Å². The second-order valence-electron chi connectivity index (χ2n) is 4.40. The van der Waals surface area contributed by atoms with Gasteiger partial charge in [0.1, 0.15) is 5.75 Å². The number of aromatic hydroxyl groups is 1. The van der Waals surface area contributed by atoms with Gasteiger partial charge >= 0.3 is 5.97 Å². The Labute approximate surface area is 119 Å². The number of aromatic nitrogens is 3. The van der Waals surface area contributed by atoms with Crippen LogP contribution in [0.15, 0.2) is 54.7 Å². The SMILES string of the molecule is O=C(O)c1ccc(-c2cnnn2-c2ccccc2)c(O)c1. The number of nitrogens with zero attached hydrogens (tertiary/aromatic N) is 3. The molecule has 0 aliphatic carbocycles. The molecule has 21 heavy (non-hydrogen) atoms. The number of hydrogen-bond acceptors (Lipinski definition) is 4. The second-order valence-corrected chi connectivity index (χ2v) is 4.40. The predicted molar refractivity (Wildman–Crippen MR) is 75.4 cm³/mol. The lowest BCUT2D eigenvalue weighted by molar-refractivity contribution is 0.0696. The number of phenolic OH excluding ortho intramolecular Hbond substituents is 1. The van der Waals surface area contributed by atoms with Crippen molar-refractivity contribution in [2.75, 3.05) is 0 Å². The lowest BCUT2D eigenvalue weighted by atomic mass is 10.1. The first kappa shape index (κ1) is 12.9. The van der Waals surface area contributed by atoms with Gasteiger partial charge in [0.05, 0.1) is 23.1 Å². The fourth-order valence-electron chi connectivity index (χ4n) is 2.06. The van der Waals surface area contributed by atoms with E-state index >= 15 is 0 Å². The van der Waals surface area contributed by atoms with Crippen LogP contribution in [-0.4, -0.2) is 31.2 Å². The Morgan fingerprint density at radius 2 is 1.86 bits per heavy atom. The third-order valence-electron chi connectivity index (χ3n) is 3.07. The molecule has 1 aromatic heterocycles. The molecule has 0 fully saturated rings. The standard InChI is InChI=1S/C15H11N3O3/c19-14-8-10(15(20)21)6-7-12(14)13-9-16-17-18(13)11-4-2-1-3-5-11/h1-9,19H,(H,20,21). The molecule has 0 aliphatic heterocycles. The molecule has 0 saturated carbocycles. The van der Waals surface area contributed by atoms with E-state index in [1.165, 1.54) is 24.4 Å². The molecule has 0 saturated heterocycles. The number of benzene rings is 2. The molecule has 6 heteroatoms. The minimum atomic E-state index is -1.09. The smallest absolute Gasteiger partial charge is 0.335 e. The number of phenols is 1. The largest absolute Gasteiger partial charge is 0.507 e. The Balaban J connectivity index is 2.11. The zero-order valence-electron chi connectivity index (χ0n) is 10.8. The summed E-state index contributed by atoms with van der Waals surface area (Å²) >= 11 is 0. The van der Waals surface area contributed by atoms with Gasteiger partial charge in [-0.2, -0.15) is 0 Å². The van der Waals surface area contributed by atoms with Crippen molar-refractivity contribution in [3.8, 4) is 22.7 Å². The normalized spacial score (nSPS) is 10.5. The van der Waals surface area contributed by atoms with Crippen molar-refractivity contribution in [3.05, 3.63) is 60.3 Å². The molecule has 2 N–H and O–H groups in total. The summed E-state index contributed by atoms with van der Waals surface area (Å²) in [4.78, 5) is 10.9. The number of carbonyl (C=O) groups is 1. The van der Waals surface area contributed by atoms with Crippen LogP contribution in [-0.2, 0) is 0 Å². The molecular formula is C15H11N3O3. The Bertz CT molecular complexity index is 797. The molecular weight excluding hydrogens is 270 g/mol. The van der Waals surface area contributed by atoms with Crippen LogP contribution >= 0.6 is 0 Å². The maximum atomic E-state index is 10.9. The van der Waals surface area contributed by atoms with Crippen molar-refractivity contribution in [1.29, 1.82) is 0 Å². The highest BCUT2D eigenvalue weighted by Gasteiger charge is 2.14. The van der Waals surface area contributed by atoms with Crippen molar-refractivity contribution < 1.29 is 15.0 Å². The monoisotopic (exact) mass is 281 g/mol. The number of hydrogen-bond donors (Lipinski definition) is 2. The quantitative estimate of drug-likeness (QED) is 0.769. The van der Waals surface area contributed by atoms with Gasteiger partial charge in [0.25, 0.3) is 0 Å². The number of carboxylic acid groups (broad SMARTS) is 1.